The van der Waals surface area contributed by atoms with Crippen LogP contribution in [0.25, 0.3) is 0 Å². The molecule has 6 nitrogen and oxygen atoms in total. The first-order valence-electron chi connectivity index (χ1n) is 8.21. The Morgan fingerprint density at radius 1 is 0.926 bits per heavy atom. The summed E-state index contributed by atoms with van der Waals surface area (Å²) in [5.74, 6) is -2.51. The molecule has 3 rings (SSSR count). The average Bonchev–Trinajstić information content (AvgIpc) is 3.45. The van der Waals surface area contributed by atoms with Crippen LogP contribution in [0.4, 0.5) is 20.2 Å². The van der Waals surface area contributed by atoms with Gasteiger partial charge in [-0.3, -0.25) is 9.59 Å². The Hall–Kier alpha value is -3.16. The van der Waals surface area contributed by atoms with Crippen LogP contribution in [0.3, 0.4) is 0 Å². The highest BCUT2D eigenvalue weighted by atomic mass is 19.1. The molecule has 0 spiro atoms. The minimum Gasteiger partial charge on any atom is -0.497 e. The second-order valence-corrected chi connectivity index (χ2v) is 6.12. The van der Waals surface area contributed by atoms with E-state index in [-0.39, 0.29) is 11.6 Å². The van der Waals surface area contributed by atoms with Gasteiger partial charge in [0.05, 0.1) is 37.4 Å². The molecule has 0 radical (unpaired) electrons. The monoisotopic (exact) mass is 376 g/mol. The summed E-state index contributed by atoms with van der Waals surface area (Å²) in [5, 5.41) is 5.10. The van der Waals surface area contributed by atoms with E-state index in [1.54, 1.807) is 18.2 Å². The third kappa shape index (κ3) is 4.16. The van der Waals surface area contributed by atoms with E-state index in [9.17, 15) is 18.4 Å². The van der Waals surface area contributed by atoms with Crippen LogP contribution in [0.1, 0.15) is 6.42 Å². The van der Waals surface area contributed by atoms with E-state index in [1.165, 1.54) is 14.2 Å². The fourth-order valence-electron chi connectivity index (χ4n) is 2.72. The SMILES string of the molecule is COc1ccc(NC(=O)C2CC2C(=O)Nc2ccc(F)cc2F)c(OC)c1. The number of nitrogens with one attached hydrogen (secondary N) is 2. The van der Waals surface area contributed by atoms with E-state index in [0.29, 0.717) is 29.7 Å². The third-order valence-corrected chi connectivity index (χ3v) is 4.32. The summed E-state index contributed by atoms with van der Waals surface area (Å²) in [5.41, 5.74) is 0.336. The van der Waals surface area contributed by atoms with Crippen molar-refractivity contribution in [3.63, 3.8) is 0 Å². The topological polar surface area (TPSA) is 76.7 Å². The van der Waals surface area contributed by atoms with Gasteiger partial charge in [-0.15, -0.1) is 0 Å². The molecule has 8 heteroatoms. The van der Waals surface area contributed by atoms with Crippen molar-refractivity contribution in [1.29, 1.82) is 0 Å². The predicted octanol–water partition coefficient (Wildman–Crippen LogP) is 3.20. The van der Waals surface area contributed by atoms with E-state index in [1.807, 2.05) is 0 Å². The number of carbonyl (C=O) groups is 2. The minimum atomic E-state index is -0.868. The molecule has 2 aromatic rings. The molecule has 2 amide bonds. The Kier molecular flexibility index (Phi) is 5.25. The van der Waals surface area contributed by atoms with Gasteiger partial charge >= 0.3 is 0 Å². The van der Waals surface area contributed by atoms with Crippen LogP contribution in [0.5, 0.6) is 11.5 Å². The average molecular weight is 376 g/mol. The van der Waals surface area contributed by atoms with E-state index in [2.05, 4.69) is 10.6 Å². The zero-order chi connectivity index (χ0) is 19.6. The van der Waals surface area contributed by atoms with Gasteiger partial charge in [-0.25, -0.2) is 8.78 Å². The molecule has 1 fully saturated rings. The first-order chi connectivity index (χ1) is 12.9. The van der Waals surface area contributed by atoms with Gasteiger partial charge in [0.2, 0.25) is 11.8 Å². The molecule has 0 aromatic heterocycles. The lowest BCUT2D eigenvalue weighted by atomic mass is 10.2. The van der Waals surface area contributed by atoms with Crippen molar-refractivity contribution in [3.8, 4) is 11.5 Å². The summed E-state index contributed by atoms with van der Waals surface area (Å²) >= 11 is 0. The Bertz CT molecular complexity index is 888. The van der Waals surface area contributed by atoms with Crippen molar-refractivity contribution in [1.82, 2.24) is 0 Å². The number of ether oxygens (including phenoxy) is 2. The molecular formula is C19H18F2N2O4. The Balaban J connectivity index is 1.61. The highest BCUT2D eigenvalue weighted by Crippen LogP contribution is 2.41. The largest absolute Gasteiger partial charge is 0.497 e. The summed E-state index contributed by atoms with van der Waals surface area (Å²) in [4.78, 5) is 24.6. The molecular weight excluding hydrogens is 358 g/mol. The zero-order valence-electron chi connectivity index (χ0n) is 14.7. The van der Waals surface area contributed by atoms with E-state index < -0.39 is 29.4 Å². The van der Waals surface area contributed by atoms with E-state index >= 15 is 0 Å². The van der Waals surface area contributed by atoms with E-state index in [0.717, 1.165) is 12.1 Å². The van der Waals surface area contributed by atoms with Gasteiger partial charge in [0.1, 0.15) is 23.1 Å². The molecule has 1 aliphatic rings. The van der Waals surface area contributed by atoms with Gasteiger partial charge in [0, 0.05) is 12.1 Å². The Morgan fingerprint density at radius 2 is 1.56 bits per heavy atom. The molecule has 0 saturated heterocycles. The number of methoxy groups -OCH3 is 2. The van der Waals surface area contributed by atoms with Crippen molar-refractivity contribution in [3.05, 3.63) is 48.0 Å². The lowest BCUT2D eigenvalue weighted by Crippen LogP contribution is -2.21. The van der Waals surface area contributed by atoms with Crippen molar-refractivity contribution in [2.45, 2.75) is 6.42 Å². The second-order valence-electron chi connectivity index (χ2n) is 6.12. The van der Waals surface area contributed by atoms with Crippen molar-refractivity contribution in [2.24, 2.45) is 11.8 Å². The van der Waals surface area contributed by atoms with Crippen LogP contribution >= 0.6 is 0 Å². The van der Waals surface area contributed by atoms with Crippen LogP contribution in [-0.2, 0) is 9.59 Å². The maximum Gasteiger partial charge on any atom is 0.228 e. The molecule has 2 unspecified atom stereocenters. The maximum atomic E-state index is 13.6. The lowest BCUT2D eigenvalue weighted by molar-refractivity contribution is -0.122. The Labute approximate surface area is 154 Å². The number of anilines is 2. The molecule has 1 aliphatic carbocycles. The molecule has 1 saturated carbocycles. The number of rotatable bonds is 6. The predicted molar refractivity (Wildman–Crippen MR) is 94.8 cm³/mol. The molecule has 2 N–H and O–H groups in total. The summed E-state index contributed by atoms with van der Waals surface area (Å²) in [6.07, 6.45) is 0.346. The summed E-state index contributed by atoms with van der Waals surface area (Å²) in [6, 6.07) is 7.81. The number of halogens is 2. The molecule has 2 aromatic carbocycles. The summed E-state index contributed by atoms with van der Waals surface area (Å²) in [6.45, 7) is 0. The molecule has 0 aliphatic heterocycles. The summed E-state index contributed by atoms with van der Waals surface area (Å²) in [7, 11) is 2.99. The van der Waals surface area contributed by atoms with Gasteiger partial charge in [-0.1, -0.05) is 0 Å². The molecule has 142 valence electrons. The quantitative estimate of drug-likeness (QED) is 0.812. The van der Waals surface area contributed by atoms with E-state index in [4.69, 9.17) is 9.47 Å². The van der Waals surface area contributed by atoms with Crippen LogP contribution in [0.15, 0.2) is 36.4 Å². The smallest absolute Gasteiger partial charge is 0.228 e. The number of carbonyl (C=O) groups excluding carboxylic acids is 2. The minimum absolute atomic E-state index is 0.121. The highest BCUT2D eigenvalue weighted by Gasteiger charge is 2.48. The second kappa shape index (κ2) is 7.61. The fraction of sp³-hybridized carbons (Fsp3) is 0.263. The van der Waals surface area contributed by atoms with Crippen molar-refractivity contribution in [2.75, 3.05) is 24.9 Å². The number of hydrogen-bond donors (Lipinski definition) is 2. The lowest BCUT2D eigenvalue weighted by Gasteiger charge is -2.11. The molecule has 2 atom stereocenters. The first kappa shape index (κ1) is 18.6. The highest BCUT2D eigenvalue weighted by molar-refractivity contribution is 6.03. The number of hydrogen-bond acceptors (Lipinski definition) is 4. The van der Waals surface area contributed by atoms with Gasteiger partial charge in [-0.2, -0.15) is 0 Å². The normalized spacial score (nSPS) is 17.8. The molecule has 0 bridgehead atoms. The van der Waals surface area contributed by atoms with Gasteiger partial charge in [0.25, 0.3) is 0 Å². The van der Waals surface area contributed by atoms with Crippen molar-refractivity contribution < 1.29 is 27.8 Å². The fourth-order valence-corrected chi connectivity index (χ4v) is 2.72. The van der Waals surface area contributed by atoms with Gasteiger partial charge in [-0.05, 0) is 30.7 Å². The van der Waals surface area contributed by atoms with Crippen LogP contribution in [0.2, 0.25) is 0 Å². The van der Waals surface area contributed by atoms with Crippen LogP contribution in [0, 0.1) is 23.5 Å². The number of benzene rings is 2. The maximum absolute atomic E-state index is 13.6. The van der Waals surface area contributed by atoms with Crippen molar-refractivity contribution >= 4 is 23.2 Å². The molecule has 0 heterocycles. The zero-order valence-corrected chi connectivity index (χ0v) is 14.7. The third-order valence-electron chi connectivity index (χ3n) is 4.32. The van der Waals surface area contributed by atoms with Crippen LogP contribution < -0.4 is 20.1 Å². The standard InChI is InChI=1S/C19H18F2N2O4/c1-26-11-4-6-16(17(8-11)27-2)23-19(25)13-9-12(13)18(24)22-15-5-3-10(20)7-14(15)21/h3-8,12-13H,9H2,1-2H3,(H,22,24)(H,23,25). The first-order valence-corrected chi connectivity index (χ1v) is 8.21. The van der Waals surface area contributed by atoms with Crippen LogP contribution in [-0.4, -0.2) is 26.0 Å². The Morgan fingerprint density at radius 3 is 2.15 bits per heavy atom. The van der Waals surface area contributed by atoms with Gasteiger partial charge in [0.15, 0.2) is 0 Å². The summed E-state index contributed by atoms with van der Waals surface area (Å²) < 4.78 is 36.9. The molecule has 27 heavy (non-hydrogen) atoms. The van der Waals surface area contributed by atoms with Gasteiger partial charge < -0.3 is 20.1 Å². The number of amides is 2.